The lowest BCUT2D eigenvalue weighted by atomic mass is 9.99. The van der Waals surface area contributed by atoms with Crippen LogP contribution in [0.25, 0.3) is 22.4 Å². The van der Waals surface area contributed by atoms with Crippen LogP contribution in [-0.2, 0) is 0 Å². The number of fused-ring (bicyclic) bond motifs is 1. The van der Waals surface area contributed by atoms with Gasteiger partial charge in [0.15, 0.2) is 0 Å². The molecule has 3 heteroatoms. The first kappa shape index (κ1) is 18.1. The Hall–Kier alpha value is -3.25. The van der Waals surface area contributed by atoms with Gasteiger partial charge in [-0.2, -0.15) is 5.26 Å². The molecule has 1 aliphatic rings. The first-order chi connectivity index (χ1) is 13.8. The highest BCUT2D eigenvalue weighted by atomic mass is 16.5. The minimum Gasteiger partial charge on any atom is -0.496 e. The number of ether oxygens (including phenoxy) is 1. The van der Waals surface area contributed by atoms with Gasteiger partial charge in [0, 0.05) is 30.4 Å². The molecule has 1 saturated heterocycles. The Bertz CT molecular complexity index is 1060. The van der Waals surface area contributed by atoms with E-state index in [1.807, 2.05) is 24.3 Å². The third-order valence-electron chi connectivity index (χ3n) is 5.42. The number of methoxy groups -OCH3 is 1. The molecule has 0 spiro atoms. The molecule has 3 nitrogen and oxygen atoms in total. The van der Waals surface area contributed by atoms with Gasteiger partial charge in [0.25, 0.3) is 0 Å². The van der Waals surface area contributed by atoms with Gasteiger partial charge < -0.3 is 9.64 Å². The summed E-state index contributed by atoms with van der Waals surface area (Å²) in [5.74, 6) is 0.802. The molecule has 0 amide bonds. The lowest BCUT2D eigenvalue weighted by Gasteiger charge is -2.29. The molecule has 1 fully saturated rings. The average molecular weight is 368 g/mol. The molecule has 0 radical (unpaired) electrons. The molecule has 0 aliphatic carbocycles. The van der Waals surface area contributed by atoms with Crippen LogP contribution in [0.3, 0.4) is 0 Å². The van der Waals surface area contributed by atoms with Gasteiger partial charge in [-0.3, -0.25) is 0 Å². The number of allylic oxidation sites excluding steroid dienone is 1. The Morgan fingerprint density at radius 1 is 0.964 bits per heavy atom. The van der Waals surface area contributed by atoms with Crippen molar-refractivity contribution in [3.05, 3.63) is 71.8 Å². The fourth-order valence-corrected chi connectivity index (χ4v) is 3.86. The Labute approximate surface area is 166 Å². The fraction of sp³-hybridized carbons (Fsp3) is 0.240. The molecule has 1 heterocycles. The van der Waals surface area contributed by atoms with Crippen molar-refractivity contribution < 1.29 is 4.74 Å². The topological polar surface area (TPSA) is 36.3 Å². The first-order valence-corrected chi connectivity index (χ1v) is 9.82. The summed E-state index contributed by atoms with van der Waals surface area (Å²) in [7, 11) is 1.69. The van der Waals surface area contributed by atoms with Crippen molar-refractivity contribution in [2.24, 2.45) is 0 Å². The summed E-state index contributed by atoms with van der Waals surface area (Å²) in [5.41, 5.74) is 3.67. The third-order valence-corrected chi connectivity index (χ3v) is 5.42. The van der Waals surface area contributed by atoms with E-state index in [9.17, 15) is 5.26 Å². The van der Waals surface area contributed by atoms with Crippen molar-refractivity contribution in [3.63, 3.8) is 0 Å². The van der Waals surface area contributed by atoms with Crippen LogP contribution in [0, 0.1) is 11.3 Å². The fourth-order valence-electron chi connectivity index (χ4n) is 3.86. The number of nitriles is 1. The Balaban J connectivity index is 1.69. The summed E-state index contributed by atoms with van der Waals surface area (Å²) in [4.78, 5) is 2.41. The molecule has 28 heavy (non-hydrogen) atoms. The van der Waals surface area contributed by atoms with Crippen molar-refractivity contribution in [3.8, 4) is 11.8 Å². The summed E-state index contributed by atoms with van der Waals surface area (Å²) in [6, 6.07) is 23.0. The normalized spacial score (nSPS) is 14.7. The van der Waals surface area contributed by atoms with E-state index in [-0.39, 0.29) is 0 Å². The first-order valence-electron chi connectivity index (χ1n) is 9.82. The van der Waals surface area contributed by atoms with Crippen LogP contribution >= 0.6 is 0 Å². The predicted octanol–water partition coefficient (Wildman–Crippen LogP) is 5.90. The van der Waals surface area contributed by atoms with Gasteiger partial charge >= 0.3 is 0 Å². The molecular formula is C25H24N2O. The number of hydrogen-bond donors (Lipinski definition) is 0. The summed E-state index contributed by atoms with van der Waals surface area (Å²) >= 11 is 0. The monoisotopic (exact) mass is 368 g/mol. The van der Waals surface area contributed by atoms with E-state index in [1.54, 1.807) is 7.11 Å². The maximum absolute atomic E-state index is 9.77. The molecule has 0 bridgehead atoms. The molecule has 0 saturated carbocycles. The largest absolute Gasteiger partial charge is 0.496 e. The van der Waals surface area contributed by atoms with Gasteiger partial charge in [-0.25, -0.2) is 0 Å². The van der Waals surface area contributed by atoms with Gasteiger partial charge in [-0.1, -0.05) is 36.4 Å². The van der Waals surface area contributed by atoms with Gasteiger partial charge in [0.2, 0.25) is 0 Å². The van der Waals surface area contributed by atoms with Crippen LogP contribution < -0.4 is 9.64 Å². The zero-order valence-corrected chi connectivity index (χ0v) is 16.2. The van der Waals surface area contributed by atoms with E-state index in [0.717, 1.165) is 35.4 Å². The standard InChI is InChI=1S/C25H24N2O/c1-28-25-17-24(27-13-5-2-6-14-27)12-11-22(25)16-23(18-26)21-10-9-19-7-3-4-8-20(19)15-21/h3-4,7-12,15-17H,2,5-6,13-14H2,1H3/b23-16-. The minimum absolute atomic E-state index is 0.634. The highest BCUT2D eigenvalue weighted by Crippen LogP contribution is 2.31. The van der Waals surface area contributed by atoms with Crippen molar-refractivity contribution >= 4 is 28.1 Å². The highest BCUT2D eigenvalue weighted by Gasteiger charge is 2.13. The maximum Gasteiger partial charge on any atom is 0.128 e. The molecule has 1 aliphatic heterocycles. The number of hydrogen-bond acceptors (Lipinski definition) is 3. The van der Waals surface area contributed by atoms with Gasteiger partial charge in [0.1, 0.15) is 5.75 Å². The number of anilines is 1. The van der Waals surface area contributed by atoms with Crippen LogP contribution in [0.4, 0.5) is 5.69 Å². The second-order valence-electron chi connectivity index (χ2n) is 7.21. The summed E-state index contributed by atoms with van der Waals surface area (Å²) in [6.45, 7) is 2.19. The van der Waals surface area contributed by atoms with Crippen molar-refractivity contribution in [1.82, 2.24) is 0 Å². The molecule has 0 N–H and O–H groups in total. The minimum atomic E-state index is 0.634. The number of nitrogens with zero attached hydrogens (tertiary/aromatic N) is 2. The smallest absolute Gasteiger partial charge is 0.128 e. The van der Waals surface area contributed by atoms with E-state index in [0.29, 0.717) is 5.57 Å². The SMILES string of the molecule is COc1cc(N2CCCCC2)ccc1/C=C(/C#N)c1ccc2ccccc2c1. The predicted molar refractivity (Wildman–Crippen MR) is 116 cm³/mol. The van der Waals surface area contributed by atoms with Crippen LogP contribution in [0.2, 0.25) is 0 Å². The highest BCUT2D eigenvalue weighted by molar-refractivity contribution is 5.95. The van der Waals surface area contributed by atoms with Gasteiger partial charge in [-0.15, -0.1) is 0 Å². The second kappa shape index (κ2) is 8.19. The number of piperidine rings is 1. The Morgan fingerprint density at radius 2 is 1.75 bits per heavy atom. The van der Waals surface area contributed by atoms with Crippen LogP contribution in [0.1, 0.15) is 30.4 Å². The molecule has 140 valence electrons. The molecule has 0 aromatic heterocycles. The lowest BCUT2D eigenvalue weighted by Crippen LogP contribution is -2.29. The van der Waals surface area contributed by atoms with Gasteiger partial charge in [0.05, 0.1) is 18.8 Å². The molecule has 0 unspecified atom stereocenters. The van der Waals surface area contributed by atoms with Gasteiger partial charge in [-0.05, 0) is 59.9 Å². The molecule has 4 rings (SSSR count). The van der Waals surface area contributed by atoms with Crippen molar-refractivity contribution in [2.75, 3.05) is 25.1 Å². The lowest BCUT2D eigenvalue weighted by molar-refractivity contribution is 0.413. The van der Waals surface area contributed by atoms with E-state index in [2.05, 4.69) is 53.4 Å². The zero-order chi connectivity index (χ0) is 19.3. The van der Waals surface area contributed by atoms with E-state index in [1.165, 1.54) is 30.3 Å². The van der Waals surface area contributed by atoms with Crippen molar-refractivity contribution in [1.29, 1.82) is 5.26 Å². The van der Waals surface area contributed by atoms with Crippen LogP contribution in [0.15, 0.2) is 60.7 Å². The third kappa shape index (κ3) is 3.73. The average Bonchev–Trinajstić information content (AvgIpc) is 2.77. The van der Waals surface area contributed by atoms with E-state index in [4.69, 9.17) is 4.74 Å². The second-order valence-corrected chi connectivity index (χ2v) is 7.21. The van der Waals surface area contributed by atoms with Crippen LogP contribution in [-0.4, -0.2) is 20.2 Å². The molecule has 0 atom stereocenters. The number of rotatable bonds is 4. The summed E-state index contributed by atoms with van der Waals surface area (Å²) < 4.78 is 5.65. The zero-order valence-electron chi connectivity index (χ0n) is 16.2. The summed E-state index contributed by atoms with van der Waals surface area (Å²) in [6.07, 6.45) is 5.71. The van der Waals surface area contributed by atoms with E-state index < -0.39 is 0 Å². The Kier molecular flexibility index (Phi) is 5.30. The van der Waals surface area contributed by atoms with Crippen molar-refractivity contribution in [2.45, 2.75) is 19.3 Å². The number of benzene rings is 3. The maximum atomic E-state index is 9.77. The molecular weight excluding hydrogens is 344 g/mol. The van der Waals surface area contributed by atoms with Crippen LogP contribution in [0.5, 0.6) is 5.75 Å². The molecule has 3 aromatic rings. The summed E-state index contributed by atoms with van der Waals surface area (Å²) in [5, 5.41) is 12.1. The quantitative estimate of drug-likeness (QED) is 0.425. The van der Waals surface area contributed by atoms with E-state index >= 15 is 0 Å². The Morgan fingerprint density at radius 3 is 2.50 bits per heavy atom. The molecule has 3 aromatic carbocycles.